The summed E-state index contributed by atoms with van der Waals surface area (Å²) in [5, 5.41) is 0. The van der Waals surface area contributed by atoms with Crippen LogP contribution in [0.15, 0.2) is 77.7 Å². The normalized spacial score (nSPS) is 14.1. The highest BCUT2D eigenvalue weighted by molar-refractivity contribution is 7.92. The molecule has 3 aromatic carbocycles. The molecule has 3 aromatic rings. The van der Waals surface area contributed by atoms with Gasteiger partial charge in [0.15, 0.2) is 0 Å². The van der Waals surface area contributed by atoms with Crippen LogP contribution in [0.4, 0.5) is 5.69 Å². The van der Waals surface area contributed by atoms with Crippen LogP contribution in [0.2, 0.25) is 0 Å². The van der Waals surface area contributed by atoms with Crippen molar-refractivity contribution in [2.24, 2.45) is 0 Å². The van der Waals surface area contributed by atoms with E-state index in [0.717, 1.165) is 11.1 Å². The van der Waals surface area contributed by atoms with Crippen LogP contribution in [-0.2, 0) is 10.0 Å². The Bertz CT molecular complexity index is 1300. The highest BCUT2D eigenvalue weighted by atomic mass is 32.2. The van der Waals surface area contributed by atoms with Crippen molar-refractivity contribution in [3.8, 4) is 0 Å². The maximum Gasteiger partial charge on any atom is 0.261 e. The molecule has 8 heteroatoms. The Hall–Kier alpha value is -3.65. The lowest BCUT2D eigenvalue weighted by molar-refractivity contribution is 0.0535. The molecule has 2 amide bonds. The van der Waals surface area contributed by atoms with Gasteiger partial charge in [0.2, 0.25) is 0 Å². The van der Waals surface area contributed by atoms with Crippen molar-refractivity contribution in [3.63, 3.8) is 0 Å². The van der Waals surface area contributed by atoms with E-state index in [1.807, 2.05) is 38.1 Å². The first-order chi connectivity index (χ1) is 16.3. The lowest BCUT2D eigenvalue weighted by Gasteiger charge is -2.35. The first-order valence-electron chi connectivity index (χ1n) is 11.1. The number of rotatable bonds is 5. The second kappa shape index (κ2) is 9.69. The number of hydrogen-bond donors (Lipinski definition) is 1. The zero-order valence-electron chi connectivity index (χ0n) is 19.2. The molecule has 0 aromatic heterocycles. The molecule has 176 valence electrons. The third kappa shape index (κ3) is 4.97. The van der Waals surface area contributed by atoms with Gasteiger partial charge >= 0.3 is 0 Å². The van der Waals surface area contributed by atoms with E-state index in [1.54, 1.807) is 34.1 Å². The van der Waals surface area contributed by atoms with E-state index in [2.05, 4.69) is 4.72 Å². The van der Waals surface area contributed by atoms with Gasteiger partial charge in [-0.2, -0.15) is 0 Å². The highest BCUT2D eigenvalue weighted by Crippen LogP contribution is 2.22. The molecule has 0 unspecified atom stereocenters. The third-order valence-corrected chi connectivity index (χ3v) is 7.52. The number of nitrogens with one attached hydrogen (secondary N) is 1. The lowest BCUT2D eigenvalue weighted by atomic mass is 10.1. The van der Waals surface area contributed by atoms with Crippen LogP contribution in [-0.4, -0.2) is 56.2 Å². The molecule has 0 radical (unpaired) electrons. The lowest BCUT2D eigenvalue weighted by Crippen LogP contribution is -2.50. The Morgan fingerprint density at radius 3 is 1.79 bits per heavy atom. The van der Waals surface area contributed by atoms with Crippen LogP contribution in [0.25, 0.3) is 0 Å². The van der Waals surface area contributed by atoms with Gasteiger partial charge in [0.1, 0.15) is 0 Å². The summed E-state index contributed by atoms with van der Waals surface area (Å²) in [5.74, 6) is -0.225. The van der Waals surface area contributed by atoms with E-state index < -0.39 is 10.0 Å². The van der Waals surface area contributed by atoms with E-state index in [9.17, 15) is 18.0 Å². The molecule has 0 saturated carbocycles. The Balaban J connectivity index is 1.39. The van der Waals surface area contributed by atoms with Gasteiger partial charge in [-0.05, 0) is 67.4 Å². The molecule has 1 aliphatic heterocycles. The monoisotopic (exact) mass is 477 g/mol. The molecule has 0 bridgehead atoms. The second-order valence-electron chi connectivity index (χ2n) is 8.33. The molecular formula is C26H27N3O4S. The number of nitrogens with zero attached hydrogens (tertiary/aromatic N) is 2. The van der Waals surface area contributed by atoms with E-state index >= 15 is 0 Å². The molecule has 34 heavy (non-hydrogen) atoms. The average molecular weight is 478 g/mol. The van der Waals surface area contributed by atoms with Crippen molar-refractivity contribution in [3.05, 3.63) is 95.1 Å². The average Bonchev–Trinajstić information content (AvgIpc) is 2.86. The van der Waals surface area contributed by atoms with Crippen molar-refractivity contribution in [2.45, 2.75) is 18.7 Å². The zero-order chi connectivity index (χ0) is 24.3. The van der Waals surface area contributed by atoms with Crippen molar-refractivity contribution >= 4 is 27.5 Å². The Labute approximate surface area is 200 Å². The number of sulfonamides is 1. The van der Waals surface area contributed by atoms with Gasteiger partial charge in [-0.1, -0.05) is 30.3 Å². The summed E-state index contributed by atoms with van der Waals surface area (Å²) < 4.78 is 28.3. The largest absolute Gasteiger partial charge is 0.335 e. The predicted molar refractivity (Wildman–Crippen MR) is 131 cm³/mol. The van der Waals surface area contributed by atoms with Crippen LogP contribution >= 0.6 is 0 Å². The summed E-state index contributed by atoms with van der Waals surface area (Å²) in [6, 6.07) is 20.5. The molecule has 0 spiro atoms. The minimum Gasteiger partial charge on any atom is -0.335 e. The van der Waals surface area contributed by atoms with E-state index in [1.165, 1.54) is 24.3 Å². The summed E-state index contributed by atoms with van der Waals surface area (Å²) in [5.41, 5.74) is 3.43. The molecule has 1 aliphatic rings. The Morgan fingerprint density at radius 1 is 0.706 bits per heavy atom. The van der Waals surface area contributed by atoms with Gasteiger partial charge in [-0.3, -0.25) is 14.3 Å². The fourth-order valence-electron chi connectivity index (χ4n) is 3.90. The topological polar surface area (TPSA) is 86.8 Å². The summed E-state index contributed by atoms with van der Waals surface area (Å²) >= 11 is 0. The van der Waals surface area contributed by atoms with E-state index in [-0.39, 0.29) is 16.7 Å². The minimum atomic E-state index is -3.78. The number of carbonyl (C=O) groups is 2. The molecule has 0 atom stereocenters. The minimum absolute atomic E-state index is 0.0430. The number of hydrogen-bond acceptors (Lipinski definition) is 4. The molecule has 0 aliphatic carbocycles. The maximum atomic E-state index is 12.9. The van der Waals surface area contributed by atoms with Gasteiger partial charge in [-0.25, -0.2) is 8.42 Å². The van der Waals surface area contributed by atoms with Crippen molar-refractivity contribution in [2.75, 3.05) is 30.9 Å². The first-order valence-corrected chi connectivity index (χ1v) is 12.6. The molecule has 1 saturated heterocycles. The molecule has 4 rings (SSSR count). The molecule has 1 fully saturated rings. The summed E-state index contributed by atoms with van der Waals surface area (Å²) in [7, 11) is -3.78. The SMILES string of the molecule is Cc1cccc(NS(=O)(=O)c2ccc(C(=O)N3CCN(C(=O)c4ccccc4)CC3)cc2)c1C. The third-order valence-electron chi connectivity index (χ3n) is 6.14. The maximum absolute atomic E-state index is 12.9. The molecule has 1 heterocycles. The number of piperazine rings is 1. The van der Waals surface area contributed by atoms with Crippen LogP contribution in [0, 0.1) is 13.8 Å². The number of aryl methyl sites for hydroxylation is 1. The van der Waals surface area contributed by atoms with E-state index in [4.69, 9.17) is 0 Å². The number of amides is 2. The van der Waals surface area contributed by atoms with Gasteiger partial charge in [0, 0.05) is 37.3 Å². The van der Waals surface area contributed by atoms with Crippen LogP contribution < -0.4 is 4.72 Å². The van der Waals surface area contributed by atoms with Gasteiger partial charge in [0.25, 0.3) is 21.8 Å². The van der Waals surface area contributed by atoms with Gasteiger partial charge in [-0.15, -0.1) is 0 Å². The highest BCUT2D eigenvalue weighted by Gasteiger charge is 2.26. The fourth-order valence-corrected chi connectivity index (χ4v) is 5.02. The zero-order valence-corrected chi connectivity index (χ0v) is 20.0. The number of benzene rings is 3. The van der Waals surface area contributed by atoms with Crippen LogP contribution in [0.5, 0.6) is 0 Å². The molecule has 7 nitrogen and oxygen atoms in total. The van der Waals surface area contributed by atoms with Gasteiger partial charge < -0.3 is 9.80 Å². The Morgan fingerprint density at radius 2 is 1.24 bits per heavy atom. The summed E-state index contributed by atoms with van der Waals surface area (Å²) in [6.07, 6.45) is 0. The van der Waals surface area contributed by atoms with Gasteiger partial charge in [0.05, 0.1) is 10.6 Å². The number of anilines is 1. The number of carbonyl (C=O) groups excluding carboxylic acids is 2. The molecular weight excluding hydrogens is 450 g/mol. The van der Waals surface area contributed by atoms with Crippen molar-refractivity contribution in [1.29, 1.82) is 0 Å². The van der Waals surface area contributed by atoms with E-state index in [0.29, 0.717) is 43.0 Å². The smallest absolute Gasteiger partial charge is 0.261 e. The molecule has 1 N–H and O–H groups in total. The Kier molecular flexibility index (Phi) is 6.70. The van der Waals surface area contributed by atoms with Crippen LogP contribution in [0.1, 0.15) is 31.8 Å². The standard InChI is InChI=1S/C26H27N3O4S/c1-19-7-6-10-24(20(19)2)27-34(32,33)23-13-11-22(12-14-23)26(31)29-17-15-28(16-18-29)25(30)21-8-4-3-5-9-21/h3-14,27H,15-18H2,1-2H3. The first kappa shape index (κ1) is 23.5. The quantitative estimate of drug-likeness (QED) is 0.607. The predicted octanol–water partition coefficient (Wildman–Crippen LogP) is 3.70. The summed E-state index contributed by atoms with van der Waals surface area (Å²) in [4.78, 5) is 29.1. The summed E-state index contributed by atoms with van der Waals surface area (Å²) in [6.45, 7) is 5.53. The second-order valence-corrected chi connectivity index (χ2v) is 10.0. The van der Waals surface area contributed by atoms with Crippen LogP contribution in [0.3, 0.4) is 0 Å². The van der Waals surface area contributed by atoms with Crippen molar-refractivity contribution < 1.29 is 18.0 Å². The fraction of sp³-hybridized carbons (Fsp3) is 0.231. The van der Waals surface area contributed by atoms with Crippen molar-refractivity contribution in [1.82, 2.24) is 9.80 Å².